The molecule has 0 heterocycles. The average molecular weight is 274 g/mol. The van der Waals surface area contributed by atoms with Crippen molar-refractivity contribution < 1.29 is 9.13 Å². The van der Waals surface area contributed by atoms with Crippen LogP contribution in [0, 0.1) is 5.82 Å². The summed E-state index contributed by atoms with van der Waals surface area (Å²) in [5, 5.41) is 0. The number of anilines is 1. The normalized spacial score (nSPS) is 10.8. The molecule has 4 heteroatoms. The number of nitrogens with zero attached hydrogens (tertiary/aromatic N) is 1. The van der Waals surface area contributed by atoms with Gasteiger partial charge >= 0.3 is 0 Å². The van der Waals surface area contributed by atoms with Crippen LogP contribution in [0.3, 0.4) is 0 Å². The Labute approximate surface area is 118 Å². The van der Waals surface area contributed by atoms with Crippen LogP contribution >= 0.6 is 0 Å². The van der Waals surface area contributed by atoms with Gasteiger partial charge in [0.05, 0.1) is 0 Å². The number of hydrogen-bond acceptors (Lipinski definition) is 3. The van der Waals surface area contributed by atoms with Crippen LogP contribution in [0.1, 0.15) is 5.56 Å². The Kier molecular flexibility index (Phi) is 4.96. The van der Waals surface area contributed by atoms with Gasteiger partial charge in [0.15, 0.2) is 0 Å². The van der Waals surface area contributed by atoms with E-state index in [-0.39, 0.29) is 5.82 Å². The van der Waals surface area contributed by atoms with E-state index in [1.807, 2.05) is 31.3 Å². The van der Waals surface area contributed by atoms with Crippen molar-refractivity contribution in [3.05, 3.63) is 59.9 Å². The van der Waals surface area contributed by atoms with Gasteiger partial charge < -0.3 is 10.5 Å². The second-order valence-electron chi connectivity index (χ2n) is 4.79. The maximum absolute atomic E-state index is 13.1. The maximum Gasteiger partial charge on any atom is 0.123 e. The van der Waals surface area contributed by atoms with Gasteiger partial charge in [-0.25, -0.2) is 4.39 Å². The van der Waals surface area contributed by atoms with Gasteiger partial charge in [0.2, 0.25) is 0 Å². The Morgan fingerprint density at radius 3 is 2.70 bits per heavy atom. The molecule has 2 N–H and O–H groups in total. The summed E-state index contributed by atoms with van der Waals surface area (Å²) in [6, 6.07) is 14.0. The minimum atomic E-state index is -0.202. The molecule has 0 spiro atoms. The van der Waals surface area contributed by atoms with Crippen molar-refractivity contribution in [3.63, 3.8) is 0 Å². The molecule has 0 radical (unpaired) electrons. The first kappa shape index (κ1) is 14.3. The van der Waals surface area contributed by atoms with E-state index in [4.69, 9.17) is 10.5 Å². The summed E-state index contributed by atoms with van der Waals surface area (Å²) in [7, 11) is 1.98. The minimum absolute atomic E-state index is 0.202. The molecule has 0 saturated heterocycles. The topological polar surface area (TPSA) is 38.5 Å². The van der Waals surface area contributed by atoms with E-state index in [1.54, 1.807) is 18.2 Å². The third-order valence-electron chi connectivity index (χ3n) is 2.94. The maximum atomic E-state index is 13.1. The molecule has 0 aliphatic carbocycles. The summed E-state index contributed by atoms with van der Waals surface area (Å²) in [6.07, 6.45) is 0. The first-order chi connectivity index (χ1) is 9.63. The molecule has 20 heavy (non-hydrogen) atoms. The molecule has 0 atom stereocenters. The Morgan fingerprint density at radius 1 is 1.15 bits per heavy atom. The van der Waals surface area contributed by atoms with Crippen molar-refractivity contribution in [1.82, 2.24) is 4.90 Å². The molecule has 2 aromatic rings. The average Bonchev–Trinajstić information content (AvgIpc) is 2.38. The van der Waals surface area contributed by atoms with Crippen LogP contribution in [0.4, 0.5) is 10.1 Å². The summed E-state index contributed by atoms with van der Waals surface area (Å²) in [4.78, 5) is 2.08. The van der Waals surface area contributed by atoms with Gasteiger partial charge in [0.25, 0.3) is 0 Å². The van der Waals surface area contributed by atoms with E-state index in [1.165, 1.54) is 6.07 Å². The molecule has 3 nitrogen and oxygen atoms in total. The molecule has 0 aliphatic rings. The lowest BCUT2D eigenvalue weighted by atomic mass is 10.2. The molecule has 0 amide bonds. The number of halogens is 1. The van der Waals surface area contributed by atoms with E-state index in [2.05, 4.69) is 4.90 Å². The molecule has 2 aromatic carbocycles. The van der Waals surface area contributed by atoms with E-state index >= 15 is 0 Å². The van der Waals surface area contributed by atoms with Gasteiger partial charge in [-0.3, -0.25) is 4.90 Å². The zero-order valence-electron chi connectivity index (χ0n) is 11.6. The molecule has 0 saturated carbocycles. The fourth-order valence-corrected chi connectivity index (χ4v) is 1.95. The monoisotopic (exact) mass is 274 g/mol. The molecule has 106 valence electrons. The van der Waals surface area contributed by atoms with Crippen molar-refractivity contribution in [2.24, 2.45) is 0 Å². The zero-order chi connectivity index (χ0) is 14.4. The van der Waals surface area contributed by atoms with E-state index in [0.29, 0.717) is 18.8 Å². The molecule has 2 rings (SSSR count). The third-order valence-corrected chi connectivity index (χ3v) is 2.94. The summed E-state index contributed by atoms with van der Waals surface area (Å²) in [6.45, 7) is 2.01. The van der Waals surface area contributed by atoms with Gasteiger partial charge in [-0.2, -0.15) is 0 Å². The number of ether oxygens (including phenoxy) is 1. The Hall–Kier alpha value is -2.07. The fourth-order valence-electron chi connectivity index (χ4n) is 1.95. The number of nitrogens with two attached hydrogens (primary N) is 1. The number of hydrogen-bond donors (Lipinski definition) is 1. The second-order valence-corrected chi connectivity index (χ2v) is 4.79. The summed E-state index contributed by atoms with van der Waals surface area (Å²) >= 11 is 0. The largest absolute Gasteiger partial charge is 0.492 e. The van der Waals surface area contributed by atoms with Crippen LogP contribution in [0.15, 0.2) is 48.5 Å². The zero-order valence-corrected chi connectivity index (χ0v) is 11.6. The molecular formula is C16H19FN2O. The number of nitrogen functional groups attached to an aromatic ring is 1. The van der Waals surface area contributed by atoms with Gasteiger partial charge in [0, 0.05) is 24.8 Å². The van der Waals surface area contributed by atoms with Crippen LogP contribution in [0.5, 0.6) is 5.75 Å². The quantitative estimate of drug-likeness (QED) is 0.823. The van der Waals surface area contributed by atoms with Gasteiger partial charge in [-0.15, -0.1) is 0 Å². The Morgan fingerprint density at radius 2 is 1.95 bits per heavy atom. The predicted molar refractivity (Wildman–Crippen MR) is 79.1 cm³/mol. The second kappa shape index (κ2) is 6.91. The third kappa shape index (κ3) is 4.55. The summed E-state index contributed by atoms with van der Waals surface area (Å²) in [5.41, 5.74) is 7.33. The van der Waals surface area contributed by atoms with Crippen molar-refractivity contribution in [3.8, 4) is 5.75 Å². The van der Waals surface area contributed by atoms with Crippen molar-refractivity contribution >= 4 is 5.69 Å². The summed E-state index contributed by atoms with van der Waals surface area (Å²) in [5.74, 6) is 0.566. The smallest absolute Gasteiger partial charge is 0.123 e. The van der Waals surface area contributed by atoms with Crippen LogP contribution in [0.2, 0.25) is 0 Å². The lowest BCUT2D eigenvalue weighted by Crippen LogP contribution is -2.23. The van der Waals surface area contributed by atoms with Crippen molar-refractivity contribution in [2.45, 2.75) is 6.54 Å². The Balaban J connectivity index is 1.76. The van der Waals surface area contributed by atoms with Crippen LogP contribution < -0.4 is 10.5 Å². The highest BCUT2D eigenvalue weighted by atomic mass is 19.1. The van der Waals surface area contributed by atoms with Gasteiger partial charge in [0.1, 0.15) is 18.2 Å². The van der Waals surface area contributed by atoms with Gasteiger partial charge in [-0.1, -0.05) is 18.2 Å². The molecule has 0 bridgehead atoms. The SMILES string of the molecule is CN(CCOc1cccc(N)c1)Cc1cccc(F)c1. The molecule has 0 fully saturated rings. The molecular weight excluding hydrogens is 255 g/mol. The lowest BCUT2D eigenvalue weighted by Gasteiger charge is -2.17. The standard InChI is InChI=1S/C16H19FN2O/c1-19(12-13-4-2-5-14(17)10-13)8-9-20-16-7-3-6-15(18)11-16/h2-7,10-11H,8-9,12,18H2,1H3. The highest BCUT2D eigenvalue weighted by molar-refractivity contribution is 5.43. The highest BCUT2D eigenvalue weighted by Gasteiger charge is 2.02. The highest BCUT2D eigenvalue weighted by Crippen LogP contribution is 2.14. The first-order valence-corrected chi connectivity index (χ1v) is 6.55. The van der Waals surface area contributed by atoms with Crippen LogP contribution in [0.25, 0.3) is 0 Å². The van der Waals surface area contributed by atoms with E-state index in [9.17, 15) is 4.39 Å². The number of benzene rings is 2. The first-order valence-electron chi connectivity index (χ1n) is 6.55. The molecule has 0 aromatic heterocycles. The van der Waals surface area contributed by atoms with Crippen LogP contribution in [-0.4, -0.2) is 25.1 Å². The van der Waals surface area contributed by atoms with Crippen LogP contribution in [-0.2, 0) is 6.54 Å². The number of rotatable bonds is 6. The van der Waals surface area contributed by atoms with Crippen molar-refractivity contribution in [2.75, 3.05) is 25.9 Å². The lowest BCUT2D eigenvalue weighted by molar-refractivity contribution is 0.233. The van der Waals surface area contributed by atoms with E-state index in [0.717, 1.165) is 17.9 Å². The number of likely N-dealkylation sites (N-methyl/N-ethyl adjacent to an activating group) is 1. The summed E-state index contributed by atoms with van der Waals surface area (Å²) < 4.78 is 18.7. The molecule has 0 aliphatic heterocycles. The minimum Gasteiger partial charge on any atom is -0.492 e. The van der Waals surface area contributed by atoms with Gasteiger partial charge in [-0.05, 0) is 36.9 Å². The Bertz CT molecular complexity index is 560. The van der Waals surface area contributed by atoms with E-state index < -0.39 is 0 Å². The fraction of sp³-hybridized carbons (Fsp3) is 0.250. The molecule has 0 unspecified atom stereocenters. The van der Waals surface area contributed by atoms with Crippen molar-refractivity contribution in [1.29, 1.82) is 0 Å². The predicted octanol–water partition coefficient (Wildman–Crippen LogP) is 2.92.